The van der Waals surface area contributed by atoms with Crippen LogP contribution in [0.3, 0.4) is 0 Å². The SMILES string of the molecule is Cc1cc(CNC(=O)c2nc3n(c(=O)c2O)CC2(N(C)Cc4ncc[nH]4)CCC3(N(C)C(=O)C(=O)N(C)C)CC2)ccc1F. The molecule has 4 heterocycles. The molecule has 0 radical (unpaired) electrons. The van der Waals surface area contributed by atoms with E-state index in [0.717, 1.165) is 5.82 Å². The molecule has 1 aliphatic carbocycles. The van der Waals surface area contributed by atoms with Crippen molar-refractivity contribution in [2.75, 3.05) is 28.2 Å². The first-order valence-corrected chi connectivity index (χ1v) is 14.4. The Kier molecular flexibility index (Phi) is 8.05. The summed E-state index contributed by atoms with van der Waals surface area (Å²) in [5, 5.41) is 13.7. The van der Waals surface area contributed by atoms with Crippen LogP contribution in [0.4, 0.5) is 4.39 Å². The molecule has 1 aromatic carbocycles. The van der Waals surface area contributed by atoms with Gasteiger partial charge in [-0.05, 0) is 56.8 Å². The van der Waals surface area contributed by atoms with E-state index in [1.165, 1.54) is 47.6 Å². The molecule has 234 valence electrons. The molecular weight excluding hydrogens is 571 g/mol. The van der Waals surface area contributed by atoms with Gasteiger partial charge in [-0.2, -0.15) is 0 Å². The Bertz CT molecular complexity index is 1660. The number of fused-ring (bicyclic) bond motifs is 2. The fourth-order valence-corrected chi connectivity index (χ4v) is 6.39. The van der Waals surface area contributed by atoms with Crippen LogP contribution in [0.1, 0.15) is 58.9 Å². The van der Waals surface area contributed by atoms with Gasteiger partial charge in [0, 0.05) is 52.2 Å². The zero-order chi connectivity index (χ0) is 32.0. The molecule has 13 nitrogen and oxygen atoms in total. The molecule has 1 fully saturated rings. The number of aromatic nitrogens is 4. The highest BCUT2D eigenvalue weighted by Crippen LogP contribution is 2.50. The summed E-state index contributed by atoms with van der Waals surface area (Å²) in [6.07, 6.45) is 5.17. The first kappa shape index (κ1) is 30.9. The molecule has 0 saturated heterocycles. The van der Waals surface area contributed by atoms with Gasteiger partial charge >= 0.3 is 11.8 Å². The number of aryl methyl sites for hydroxylation is 1. The summed E-state index contributed by atoms with van der Waals surface area (Å²) in [7, 11) is 6.40. The first-order valence-electron chi connectivity index (χ1n) is 14.4. The van der Waals surface area contributed by atoms with Crippen LogP contribution in [0.15, 0.2) is 35.4 Å². The second-order valence-corrected chi connectivity index (χ2v) is 12.0. The normalized spacial score (nSPS) is 20.6. The Morgan fingerprint density at radius 3 is 2.43 bits per heavy atom. The van der Waals surface area contributed by atoms with E-state index in [4.69, 9.17) is 0 Å². The monoisotopic (exact) mass is 608 g/mol. The zero-order valence-electron chi connectivity index (χ0n) is 25.5. The van der Waals surface area contributed by atoms with Crippen LogP contribution < -0.4 is 10.9 Å². The molecule has 44 heavy (non-hydrogen) atoms. The van der Waals surface area contributed by atoms with Crippen molar-refractivity contribution < 1.29 is 23.9 Å². The number of H-pyrrole nitrogens is 1. The van der Waals surface area contributed by atoms with Gasteiger partial charge in [0.2, 0.25) is 5.75 Å². The third-order valence-electron chi connectivity index (χ3n) is 9.20. The molecule has 2 bridgehead atoms. The van der Waals surface area contributed by atoms with Gasteiger partial charge in [-0.1, -0.05) is 12.1 Å². The maximum atomic E-state index is 13.9. The second kappa shape index (κ2) is 11.5. The summed E-state index contributed by atoms with van der Waals surface area (Å²) in [6, 6.07) is 4.40. The van der Waals surface area contributed by atoms with Crippen LogP contribution in [0.5, 0.6) is 5.75 Å². The lowest BCUT2D eigenvalue weighted by Gasteiger charge is -2.49. The van der Waals surface area contributed by atoms with E-state index in [9.17, 15) is 28.7 Å². The Morgan fingerprint density at radius 2 is 1.82 bits per heavy atom. The zero-order valence-corrected chi connectivity index (χ0v) is 25.5. The third kappa shape index (κ3) is 5.23. The predicted molar refractivity (Wildman–Crippen MR) is 157 cm³/mol. The Morgan fingerprint density at radius 1 is 1.11 bits per heavy atom. The number of aromatic hydroxyl groups is 1. The van der Waals surface area contributed by atoms with Gasteiger partial charge in [-0.15, -0.1) is 0 Å². The van der Waals surface area contributed by atoms with Crippen molar-refractivity contribution in [3.8, 4) is 5.75 Å². The highest BCUT2D eigenvalue weighted by molar-refractivity contribution is 6.34. The number of nitrogens with one attached hydrogen (secondary N) is 2. The number of halogens is 1. The number of amides is 3. The average molecular weight is 609 g/mol. The van der Waals surface area contributed by atoms with Crippen LogP contribution in [0.25, 0.3) is 0 Å². The van der Waals surface area contributed by atoms with Crippen LogP contribution in [0.2, 0.25) is 0 Å². The number of benzene rings is 1. The van der Waals surface area contributed by atoms with Gasteiger partial charge < -0.3 is 25.2 Å². The average Bonchev–Trinajstić information content (AvgIpc) is 3.41. The van der Waals surface area contributed by atoms with Gasteiger partial charge in [0.25, 0.3) is 11.5 Å². The van der Waals surface area contributed by atoms with E-state index < -0.39 is 45.8 Å². The summed E-state index contributed by atoms with van der Waals surface area (Å²) in [5.41, 5.74) is -2.05. The molecule has 3 aliphatic rings. The highest BCUT2D eigenvalue weighted by atomic mass is 19.1. The van der Waals surface area contributed by atoms with Gasteiger partial charge in [-0.3, -0.25) is 28.6 Å². The summed E-state index contributed by atoms with van der Waals surface area (Å²) < 4.78 is 15.1. The standard InChI is InChI=1S/C30H37FN8O5/c1-18-14-19(6-7-20(18)31)15-34-24(41)22-23(40)25(42)39-17-29(37(4)16-21-32-12-13-33-21)8-10-30(11-9-29,28(39)35-22)38(5)27(44)26(43)36(2)3/h6-7,12-14,40H,8-11,15-17H2,1-5H3,(H,32,33)(H,34,41). The number of nitrogens with zero attached hydrogens (tertiary/aromatic N) is 6. The molecule has 3 amide bonds. The van der Waals surface area contributed by atoms with E-state index >= 15 is 0 Å². The Balaban J connectivity index is 1.57. The van der Waals surface area contributed by atoms with E-state index in [-0.39, 0.29) is 24.7 Å². The summed E-state index contributed by atoms with van der Waals surface area (Å²) in [6.45, 7) is 2.20. The molecule has 3 aromatic rings. The van der Waals surface area contributed by atoms with Gasteiger partial charge in [0.15, 0.2) is 5.69 Å². The Hall–Kier alpha value is -4.59. The summed E-state index contributed by atoms with van der Waals surface area (Å²) >= 11 is 0. The number of hydrogen-bond acceptors (Lipinski definition) is 8. The lowest BCUT2D eigenvalue weighted by Crippen LogP contribution is -2.57. The quantitative estimate of drug-likeness (QED) is 0.339. The number of carbonyl (C=O) groups is 3. The van der Waals surface area contributed by atoms with E-state index in [1.807, 2.05) is 7.05 Å². The topological polar surface area (TPSA) is 157 Å². The smallest absolute Gasteiger partial charge is 0.312 e. The first-order chi connectivity index (χ1) is 20.8. The molecule has 0 spiro atoms. The molecule has 14 heteroatoms. The molecule has 1 saturated carbocycles. The predicted octanol–water partition coefficient (Wildman–Crippen LogP) is 1.25. The maximum Gasteiger partial charge on any atom is 0.312 e. The summed E-state index contributed by atoms with van der Waals surface area (Å²) in [5.74, 6) is -2.64. The third-order valence-corrected chi connectivity index (χ3v) is 9.20. The van der Waals surface area contributed by atoms with Crippen molar-refractivity contribution in [3.05, 3.63) is 75.2 Å². The minimum Gasteiger partial charge on any atom is -0.501 e. The van der Waals surface area contributed by atoms with Crippen molar-refractivity contribution in [1.29, 1.82) is 0 Å². The Labute approximate surface area is 253 Å². The number of imidazole rings is 1. The fraction of sp³-hybridized carbons (Fsp3) is 0.467. The molecule has 3 N–H and O–H groups in total. The molecule has 6 rings (SSSR count). The van der Waals surface area contributed by atoms with Crippen molar-refractivity contribution in [2.45, 2.75) is 63.3 Å². The number of likely N-dealkylation sites (N-methyl/N-ethyl adjacent to an activating group) is 3. The van der Waals surface area contributed by atoms with Crippen LogP contribution >= 0.6 is 0 Å². The molecule has 0 atom stereocenters. The van der Waals surface area contributed by atoms with Gasteiger partial charge in [0.05, 0.1) is 6.54 Å². The number of aromatic amines is 1. The van der Waals surface area contributed by atoms with Crippen molar-refractivity contribution in [3.63, 3.8) is 0 Å². The maximum absolute atomic E-state index is 13.9. The lowest BCUT2D eigenvalue weighted by molar-refractivity contribution is -0.155. The molecule has 2 aliphatic heterocycles. The minimum atomic E-state index is -1.20. The number of carbonyl (C=O) groups excluding carboxylic acids is 3. The van der Waals surface area contributed by atoms with Crippen molar-refractivity contribution in [2.24, 2.45) is 0 Å². The minimum absolute atomic E-state index is 0.00104. The van der Waals surface area contributed by atoms with Crippen molar-refractivity contribution in [1.82, 2.24) is 39.5 Å². The van der Waals surface area contributed by atoms with Crippen molar-refractivity contribution >= 4 is 17.7 Å². The lowest BCUT2D eigenvalue weighted by atomic mass is 9.71. The van der Waals surface area contributed by atoms with Gasteiger partial charge in [0.1, 0.15) is 23.0 Å². The fourth-order valence-electron chi connectivity index (χ4n) is 6.39. The van der Waals surface area contributed by atoms with Crippen LogP contribution in [-0.4, -0.2) is 90.8 Å². The van der Waals surface area contributed by atoms with E-state index in [0.29, 0.717) is 43.4 Å². The highest BCUT2D eigenvalue weighted by Gasteiger charge is 2.55. The second-order valence-electron chi connectivity index (χ2n) is 12.0. The van der Waals surface area contributed by atoms with E-state index in [2.05, 4.69) is 25.2 Å². The summed E-state index contributed by atoms with van der Waals surface area (Å²) in [4.78, 5) is 70.1. The number of rotatable bonds is 7. The molecule has 2 aromatic heterocycles. The largest absolute Gasteiger partial charge is 0.501 e. The van der Waals surface area contributed by atoms with Gasteiger partial charge in [-0.25, -0.2) is 14.4 Å². The molecular formula is C30H37FN8O5. The number of hydrogen-bond donors (Lipinski definition) is 3. The molecule has 0 unspecified atom stereocenters. The van der Waals surface area contributed by atoms with E-state index in [1.54, 1.807) is 25.4 Å². The van der Waals surface area contributed by atoms with Crippen LogP contribution in [0, 0.1) is 12.7 Å². The van der Waals surface area contributed by atoms with Crippen LogP contribution in [-0.2, 0) is 34.8 Å².